The Kier molecular flexibility index (Phi) is 4.50. The molecule has 0 bridgehead atoms. The van der Waals surface area contributed by atoms with Crippen LogP contribution in [0, 0.1) is 0 Å². The first-order valence-electron chi connectivity index (χ1n) is 6.56. The predicted octanol–water partition coefficient (Wildman–Crippen LogP) is 0.884. The summed E-state index contributed by atoms with van der Waals surface area (Å²) in [5.41, 5.74) is 5.95. The van der Waals surface area contributed by atoms with Crippen molar-refractivity contribution in [2.45, 2.75) is 38.3 Å². The van der Waals surface area contributed by atoms with E-state index in [0.717, 1.165) is 31.6 Å². The lowest BCUT2D eigenvalue weighted by atomic mass is 9.97. The quantitative estimate of drug-likeness (QED) is 0.827. The fourth-order valence-electron chi connectivity index (χ4n) is 2.64. The van der Waals surface area contributed by atoms with E-state index in [1.54, 1.807) is 4.90 Å². The third kappa shape index (κ3) is 2.98. The molecule has 2 rings (SSSR count). The van der Waals surface area contributed by atoms with Gasteiger partial charge >= 0.3 is 0 Å². The van der Waals surface area contributed by atoms with E-state index in [-0.39, 0.29) is 29.8 Å². The van der Waals surface area contributed by atoms with Gasteiger partial charge < -0.3 is 15.5 Å². The minimum Gasteiger partial charge on any atom is -0.337 e. The SMILES string of the molecule is CC(N)C1CCCCN1C(=O)CN1CCSC1=O. The highest BCUT2D eigenvalue weighted by Gasteiger charge is 2.31. The summed E-state index contributed by atoms with van der Waals surface area (Å²) in [6.45, 7) is 3.63. The van der Waals surface area contributed by atoms with Crippen LogP contribution in [0.25, 0.3) is 0 Å². The van der Waals surface area contributed by atoms with Gasteiger partial charge in [0, 0.05) is 30.9 Å². The fourth-order valence-corrected chi connectivity index (χ4v) is 3.46. The average Bonchev–Trinajstić information content (AvgIpc) is 2.75. The first kappa shape index (κ1) is 13.7. The van der Waals surface area contributed by atoms with Crippen LogP contribution in [0.15, 0.2) is 0 Å². The Balaban J connectivity index is 1.95. The number of nitrogens with two attached hydrogens (primary N) is 1. The van der Waals surface area contributed by atoms with Crippen LogP contribution in [0.3, 0.4) is 0 Å². The number of hydrogen-bond acceptors (Lipinski definition) is 4. The lowest BCUT2D eigenvalue weighted by molar-refractivity contribution is -0.135. The Bertz CT molecular complexity index is 335. The van der Waals surface area contributed by atoms with Gasteiger partial charge in [-0.05, 0) is 26.2 Å². The predicted molar refractivity (Wildman–Crippen MR) is 72.4 cm³/mol. The summed E-state index contributed by atoms with van der Waals surface area (Å²) >= 11 is 1.29. The zero-order valence-electron chi connectivity index (χ0n) is 10.8. The topological polar surface area (TPSA) is 66.6 Å². The Morgan fingerprint density at radius 2 is 2.28 bits per heavy atom. The number of nitrogens with zero attached hydrogens (tertiary/aromatic N) is 2. The number of piperidine rings is 1. The van der Waals surface area contributed by atoms with Gasteiger partial charge in [0.2, 0.25) is 5.91 Å². The lowest BCUT2D eigenvalue weighted by Gasteiger charge is -2.38. The van der Waals surface area contributed by atoms with Crippen molar-refractivity contribution in [2.24, 2.45) is 5.73 Å². The number of likely N-dealkylation sites (tertiary alicyclic amines) is 1. The summed E-state index contributed by atoms with van der Waals surface area (Å²) in [5, 5.41) is 0.0257. The highest BCUT2D eigenvalue weighted by molar-refractivity contribution is 8.13. The highest BCUT2D eigenvalue weighted by Crippen LogP contribution is 2.21. The molecule has 2 aliphatic heterocycles. The van der Waals surface area contributed by atoms with E-state index in [2.05, 4.69) is 0 Å². The van der Waals surface area contributed by atoms with Crippen LogP contribution in [0.2, 0.25) is 0 Å². The molecule has 0 aromatic carbocycles. The van der Waals surface area contributed by atoms with Gasteiger partial charge in [0.15, 0.2) is 0 Å². The first-order valence-corrected chi connectivity index (χ1v) is 7.55. The molecule has 2 atom stereocenters. The largest absolute Gasteiger partial charge is 0.337 e. The summed E-state index contributed by atoms with van der Waals surface area (Å²) in [4.78, 5) is 27.3. The van der Waals surface area contributed by atoms with E-state index in [0.29, 0.717) is 6.54 Å². The maximum atomic E-state index is 12.3. The minimum atomic E-state index is -0.00194. The van der Waals surface area contributed by atoms with Crippen LogP contribution in [0.1, 0.15) is 26.2 Å². The lowest BCUT2D eigenvalue weighted by Crippen LogP contribution is -2.54. The zero-order valence-corrected chi connectivity index (χ0v) is 11.6. The smallest absolute Gasteiger partial charge is 0.282 e. The highest BCUT2D eigenvalue weighted by atomic mass is 32.2. The van der Waals surface area contributed by atoms with Gasteiger partial charge in [0.05, 0.1) is 0 Å². The average molecular weight is 271 g/mol. The molecule has 0 saturated carbocycles. The second-order valence-corrected chi connectivity index (χ2v) is 6.09. The summed E-state index contributed by atoms with van der Waals surface area (Å²) in [6, 6.07) is 0.134. The molecule has 5 nitrogen and oxygen atoms in total. The molecular formula is C12H21N3O2S. The molecule has 2 saturated heterocycles. The van der Waals surface area contributed by atoms with Gasteiger partial charge in [-0.3, -0.25) is 9.59 Å². The van der Waals surface area contributed by atoms with Gasteiger partial charge in [-0.15, -0.1) is 0 Å². The Hall–Kier alpha value is -0.750. The molecule has 0 radical (unpaired) electrons. The molecule has 0 aromatic rings. The van der Waals surface area contributed by atoms with Crippen molar-refractivity contribution in [3.63, 3.8) is 0 Å². The van der Waals surface area contributed by atoms with Crippen molar-refractivity contribution in [1.29, 1.82) is 0 Å². The number of amides is 2. The number of carbonyl (C=O) groups excluding carboxylic acids is 2. The standard InChI is InChI=1S/C12H21N3O2S/c1-9(13)10-4-2-3-5-15(10)11(16)8-14-6-7-18-12(14)17/h9-10H,2-8,13H2,1H3. The van der Waals surface area contributed by atoms with E-state index in [4.69, 9.17) is 5.73 Å². The van der Waals surface area contributed by atoms with Crippen LogP contribution in [-0.4, -0.2) is 58.4 Å². The van der Waals surface area contributed by atoms with Crippen molar-refractivity contribution in [2.75, 3.05) is 25.4 Å². The Morgan fingerprint density at radius 3 is 2.89 bits per heavy atom. The van der Waals surface area contributed by atoms with Gasteiger partial charge in [0.25, 0.3) is 5.24 Å². The second-order valence-electron chi connectivity index (χ2n) is 5.05. The third-order valence-electron chi connectivity index (χ3n) is 3.65. The zero-order chi connectivity index (χ0) is 13.1. The number of thioether (sulfide) groups is 1. The van der Waals surface area contributed by atoms with Crippen LogP contribution in [0.5, 0.6) is 0 Å². The van der Waals surface area contributed by atoms with Crippen molar-refractivity contribution in [1.82, 2.24) is 9.80 Å². The van der Waals surface area contributed by atoms with E-state index in [1.807, 2.05) is 11.8 Å². The molecule has 2 heterocycles. The molecule has 102 valence electrons. The molecule has 0 spiro atoms. The number of rotatable bonds is 3. The molecule has 18 heavy (non-hydrogen) atoms. The molecule has 2 aliphatic rings. The molecule has 2 amide bonds. The van der Waals surface area contributed by atoms with Crippen LogP contribution in [0.4, 0.5) is 4.79 Å². The van der Waals surface area contributed by atoms with Crippen molar-refractivity contribution < 1.29 is 9.59 Å². The molecule has 2 unspecified atom stereocenters. The normalized spacial score (nSPS) is 26.6. The van der Waals surface area contributed by atoms with Gasteiger partial charge in [-0.2, -0.15) is 0 Å². The minimum absolute atomic E-state index is 0.00194. The van der Waals surface area contributed by atoms with Crippen LogP contribution < -0.4 is 5.73 Å². The monoisotopic (exact) mass is 271 g/mol. The van der Waals surface area contributed by atoms with E-state index in [1.165, 1.54) is 11.8 Å². The molecule has 2 fully saturated rings. The number of hydrogen-bond donors (Lipinski definition) is 1. The summed E-state index contributed by atoms with van der Waals surface area (Å²) in [5.74, 6) is 0.843. The fraction of sp³-hybridized carbons (Fsp3) is 0.833. The van der Waals surface area contributed by atoms with Gasteiger partial charge in [-0.1, -0.05) is 11.8 Å². The van der Waals surface area contributed by atoms with Crippen molar-refractivity contribution in [3.8, 4) is 0 Å². The summed E-state index contributed by atoms with van der Waals surface area (Å²) in [7, 11) is 0. The molecule has 2 N–H and O–H groups in total. The van der Waals surface area contributed by atoms with Gasteiger partial charge in [-0.25, -0.2) is 0 Å². The summed E-state index contributed by atoms with van der Waals surface area (Å²) < 4.78 is 0. The summed E-state index contributed by atoms with van der Waals surface area (Å²) in [6.07, 6.45) is 3.15. The first-order chi connectivity index (χ1) is 8.59. The third-order valence-corrected chi connectivity index (χ3v) is 4.54. The van der Waals surface area contributed by atoms with Gasteiger partial charge in [0.1, 0.15) is 6.54 Å². The van der Waals surface area contributed by atoms with Crippen molar-refractivity contribution in [3.05, 3.63) is 0 Å². The maximum Gasteiger partial charge on any atom is 0.282 e. The number of carbonyl (C=O) groups is 2. The maximum absolute atomic E-state index is 12.3. The van der Waals surface area contributed by atoms with E-state index in [9.17, 15) is 9.59 Å². The molecule has 0 aliphatic carbocycles. The van der Waals surface area contributed by atoms with Crippen molar-refractivity contribution >= 4 is 22.9 Å². The van der Waals surface area contributed by atoms with E-state index >= 15 is 0 Å². The van der Waals surface area contributed by atoms with Crippen LogP contribution in [-0.2, 0) is 4.79 Å². The van der Waals surface area contributed by atoms with Crippen LogP contribution >= 0.6 is 11.8 Å². The molecular weight excluding hydrogens is 250 g/mol. The van der Waals surface area contributed by atoms with E-state index < -0.39 is 0 Å². The Labute approximate surface area is 112 Å². The Morgan fingerprint density at radius 1 is 1.50 bits per heavy atom. The molecule has 0 aromatic heterocycles. The second kappa shape index (κ2) is 5.93. The molecule has 6 heteroatoms.